The Morgan fingerprint density at radius 2 is 2.00 bits per heavy atom. The summed E-state index contributed by atoms with van der Waals surface area (Å²) in [7, 11) is 0. The normalized spacial score (nSPS) is 20.1. The summed E-state index contributed by atoms with van der Waals surface area (Å²) in [5, 5.41) is 0. The number of nitrogens with zero attached hydrogens (tertiary/aromatic N) is 1. The van der Waals surface area contributed by atoms with Crippen LogP contribution < -0.4 is 0 Å². The molecule has 0 saturated carbocycles. The number of carbonyl (C=O) groups excluding carboxylic acids is 1. The van der Waals surface area contributed by atoms with Gasteiger partial charge in [0.15, 0.2) is 0 Å². The summed E-state index contributed by atoms with van der Waals surface area (Å²) >= 11 is 0. The maximum atomic E-state index is 11.1. The van der Waals surface area contributed by atoms with E-state index in [-0.39, 0.29) is 11.6 Å². The predicted molar refractivity (Wildman–Crippen MR) is 53.8 cm³/mol. The molecule has 3 nitrogen and oxygen atoms in total. The van der Waals surface area contributed by atoms with Crippen molar-refractivity contribution in [3.8, 4) is 0 Å². The molecule has 13 heavy (non-hydrogen) atoms. The predicted octanol–water partition coefficient (Wildman–Crippen LogP) is 2.65. The molecule has 1 aliphatic heterocycles. The third-order valence-electron chi connectivity index (χ3n) is 2.21. The van der Waals surface area contributed by atoms with E-state index in [0.717, 1.165) is 13.0 Å². The van der Waals surface area contributed by atoms with Gasteiger partial charge in [-0.15, -0.1) is 0 Å². The van der Waals surface area contributed by atoms with Gasteiger partial charge in [-0.05, 0) is 20.8 Å². The van der Waals surface area contributed by atoms with Crippen LogP contribution in [0.15, 0.2) is 0 Å². The van der Waals surface area contributed by atoms with Crippen molar-refractivity contribution >= 4 is 6.09 Å². The highest BCUT2D eigenvalue weighted by molar-refractivity contribution is 5.69. The molecule has 0 aliphatic carbocycles. The topological polar surface area (TPSA) is 29.5 Å². The lowest BCUT2D eigenvalue weighted by atomic mass is 9.98. The molecule has 0 bridgehead atoms. The van der Waals surface area contributed by atoms with E-state index in [4.69, 9.17) is 4.74 Å². The summed E-state index contributed by atoms with van der Waals surface area (Å²) in [4.78, 5) is 12.9. The number of ether oxygens (including phenoxy) is 1. The summed E-state index contributed by atoms with van der Waals surface area (Å²) in [6.45, 7) is 11.4. The average molecular weight is 187 g/mol. The van der Waals surface area contributed by atoms with Gasteiger partial charge in [-0.3, -0.25) is 0 Å². The quantitative estimate of drug-likeness (QED) is 0.631. The molecule has 1 saturated heterocycles. The summed E-state index contributed by atoms with van der Waals surface area (Å²) < 4.78 is 4.90. The molecule has 0 radical (unpaired) electrons. The Bertz CT molecular complexity index is 166. The molecule has 0 aromatic rings. The third kappa shape index (κ3) is 2.90. The van der Waals surface area contributed by atoms with Gasteiger partial charge in [0.1, 0.15) is 0 Å². The molecule has 0 aromatic carbocycles. The van der Waals surface area contributed by atoms with E-state index < -0.39 is 0 Å². The van der Waals surface area contributed by atoms with E-state index >= 15 is 0 Å². The molecule has 1 heterocycles. The van der Waals surface area contributed by atoms with Crippen LogP contribution in [0.25, 0.3) is 0 Å². The molecule has 1 fully saturated rings. The van der Waals surface area contributed by atoms with Crippen molar-refractivity contribution in [2.24, 2.45) is 0 Å². The number of hydrogen-bond donors (Lipinski definition) is 0. The Kier molecular flexibility index (Phi) is 4.81. The summed E-state index contributed by atoms with van der Waals surface area (Å²) in [5.74, 6) is 0. The van der Waals surface area contributed by atoms with Gasteiger partial charge in [-0.25, -0.2) is 4.79 Å². The molecule has 3 heteroatoms. The second-order valence-corrected chi connectivity index (χ2v) is 3.42. The fraction of sp³-hybridized carbons (Fsp3) is 0.900. The number of carbonyl (C=O) groups is 1. The van der Waals surface area contributed by atoms with Crippen molar-refractivity contribution in [2.45, 2.75) is 46.6 Å². The lowest BCUT2D eigenvalue weighted by molar-refractivity contribution is 0.0139. The number of cyclic esters (lactones) is 1. The molecule has 0 aromatic heterocycles. The van der Waals surface area contributed by atoms with E-state index in [1.54, 1.807) is 4.90 Å². The van der Waals surface area contributed by atoms with Crippen molar-refractivity contribution < 1.29 is 9.53 Å². The van der Waals surface area contributed by atoms with Gasteiger partial charge >= 0.3 is 6.09 Å². The van der Waals surface area contributed by atoms with Crippen molar-refractivity contribution in [1.29, 1.82) is 0 Å². The fourth-order valence-electron chi connectivity index (χ4n) is 1.41. The minimum atomic E-state index is -0.177. The number of amides is 1. The zero-order chi connectivity index (χ0) is 10.5. The van der Waals surface area contributed by atoms with Crippen LogP contribution in [0, 0.1) is 0 Å². The maximum Gasteiger partial charge on any atom is 0.410 e. The third-order valence-corrected chi connectivity index (χ3v) is 2.21. The maximum absolute atomic E-state index is 11.1. The molecule has 0 spiro atoms. The monoisotopic (exact) mass is 187 g/mol. The minimum Gasteiger partial charge on any atom is -0.449 e. The highest BCUT2D eigenvalue weighted by Gasteiger charge is 2.34. The first-order valence-corrected chi connectivity index (χ1v) is 5.02. The Morgan fingerprint density at radius 3 is 2.31 bits per heavy atom. The molecule has 1 aliphatic rings. The highest BCUT2D eigenvalue weighted by atomic mass is 16.6. The number of rotatable bonds is 1. The Hall–Kier alpha value is -0.730. The van der Waals surface area contributed by atoms with Gasteiger partial charge in [-0.2, -0.15) is 0 Å². The van der Waals surface area contributed by atoms with Crippen LogP contribution in [0.2, 0.25) is 0 Å². The van der Waals surface area contributed by atoms with Crippen LogP contribution in [-0.2, 0) is 4.74 Å². The van der Waals surface area contributed by atoms with Crippen LogP contribution in [-0.4, -0.2) is 29.7 Å². The molecule has 0 unspecified atom stereocenters. The SMILES string of the molecule is CC.CCN1C(=O)OCCC1(C)C. The largest absolute Gasteiger partial charge is 0.449 e. The molecule has 1 rings (SSSR count). The molecule has 0 atom stereocenters. The molecular weight excluding hydrogens is 166 g/mol. The van der Waals surface area contributed by atoms with E-state index in [1.807, 2.05) is 20.8 Å². The van der Waals surface area contributed by atoms with Crippen LogP contribution in [0.3, 0.4) is 0 Å². The van der Waals surface area contributed by atoms with E-state index in [0.29, 0.717) is 6.61 Å². The smallest absolute Gasteiger partial charge is 0.410 e. The van der Waals surface area contributed by atoms with Crippen molar-refractivity contribution in [3.63, 3.8) is 0 Å². The van der Waals surface area contributed by atoms with Crippen LogP contribution in [0.1, 0.15) is 41.0 Å². The highest BCUT2D eigenvalue weighted by Crippen LogP contribution is 2.23. The van der Waals surface area contributed by atoms with Gasteiger partial charge in [0.25, 0.3) is 0 Å². The van der Waals surface area contributed by atoms with Gasteiger partial charge in [0, 0.05) is 18.5 Å². The average Bonchev–Trinajstić information content (AvgIpc) is 2.07. The lowest BCUT2D eigenvalue weighted by Gasteiger charge is -2.40. The first kappa shape index (κ1) is 12.3. The standard InChI is InChI=1S/C8H15NO2.C2H6/c1-4-9-7(10)11-6-5-8(9,2)3;1-2/h4-6H2,1-3H3;1-2H3. The first-order chi connectivity index (χ1) is 6.08. The Labute approximate surface area is 81.1 Å². The summed E-state index contributed by atoms with van der Waals surface area (Å²) in [5.41, 5.74) is -0.0237. The minimum absolute atomic E-state index is 0.0237. The summed E-state index contributed by atoms with van der Waals surface area (Å²) in [6.07, 6.45) is 0.746. The number of hydrogen-bond acceptors (Lipinski definition) is 2. The lowest BCUT2D eigenvalue weighted by Crippen LogP contribution is -2.52. The van der Waals surface area contributed by atoms with Gasteiger partial charge < -0.3 is 9.64 Å². The van der Waals surface area contributed by atoms with E-state index in [9.17, 15) is 4.79 Å². The molecule has 0 N–H and O–H groups in total. The molecular formula is C10H21NO2. The van der Waals surface area contributed by atoms with Crippen molar-refractivity contribution in [2.75, 3.05) is 13.2 Å². The van der Waals surface area contributed by atoms with Crippen LogP contribution in [0.4, 0.5) is 4.79 Å². The van der Waals surface area contributed by atoms with Crippen molar-refractivity contribution in [1.82, 2.24) is 4.90 Å². The van der Waals surface area contributed by atoms with Gasteiger partial charge in [0.2, 0.25) is 0 Å². The zero-order valence-corrected chi connectivity index (χ0v) is 9.39. The van der Waals surface area contributed by atoms with Crippen LogP contribution >= 0.6 is 0 Å². The second kappa shape index (κ2) is 5.10. The summed E-state index contributed by atoms with van der Waals surface area (Å²) in [6, 6.07) is 0. The van der Waals surface area contributed by atoms with Crippen molar-refractivity contribution in [3.05, 3.63) is 0 Å². The van der Waals surface area contributed by atoms with Gasteiger partial charge in [0.05, 0.1) is 6.61 Å². The Balaban J connectivity index is 0.000000671. The van der Waals surface area contributed by atoms with Gasteiger partial charge in [-0.1, -0.05) is 13.8 Å². The van der Waals surface area contributed by atoms with E-state index in [2.05, 4.69) is 13.8 Å². The Morgan fingerprint density at radius 1 is 1.46 bits per heavy atom. The van der Waals surface area contributed by atoms with E-state index in [1.165, 1.54) is 0 Å². The fourth-order valence-corrected chi connectivity index (χ4v) is 1.41. The zero-order valence-electron chi connectivity index (χ0n) is 9.39. The first-order valence-electron chi connectivity index (χ1n) is 5.02. The molecule has 1 amide bonds. The molecule has 78 valence electrons. The van der Waals surface area contributed by atoms with Crippen LogP contribution in [0.5, 0.6) is 0 Å². The second-order valence-electron chi connectivity index (χ2n) is 3.42.